The minimum absolute atomic E-state index is 0.00456. The van der Waals surface area contributed by atoms with E-state index in [1.54, 1.807) is 0 Å². The second-order valence-electron chi connectivity index (χ2n) is 5.63. The van der Waals surface area contributed by atoms with Gasteiger partial charge in [-0.3, -0.25) is 19.3 Å². The molecule has 0 bridgehead atoms. The molecule has 134 valence electrons. The highest BCUT2D eigenvalue weighted by Crippen LogP contribution is 2.10. The maximum atomic E-state index is 12.0. The lowest BCUT2D eigenvalue weighted by Crippen LogP contribution is -2.32. The maximum Gasteiger partial charge on any atom is 0.331 e. The molecule has 1 aromatic carbocycles. The fourth-order valence-electron chi connectivity index (χ4n) is 2.50. The highest BCUT2D eigenvalue weighted by atomic mass is 16.3. The maximum absolute atomic E-state index is 12.0. The largest absolute Gasteiger partial charge is 0.494 e. The summed E-state index contributed by atoms with van der Waals surface area (Å²) in [5.41, 5.74) is -0.448. The normalized spacial score (nSPS) is 11.5. The number of hydrogen-bond acceptors (Lipinski definition) is 5. The number of hydrogen-bond donors (Lipinski definition) is 2. The van der Waals surface area contributed by atoms with Crippen LogP contribution < -0.4 is 11.2 Å². The van der Waals surface area contributed by atoms with Crippen LogP contribution in [0.3, 0.4) is 0 Å². The van der Waals surface area contributed by atoms with Crippen molar-refractivity contribution in [3.05, 3.63) is 62.3 Å². The molecule has 2 N–H and O–H groups in total. The zero-order chi connectivity index (χ0) is 18.2. The van der Waals surface area contributed by atoms with Crippen molar-refractivity contribution >= 4 is 6.21 Å². The van der Waals surface area contributed by atoms with E-state index in [1.165, 1.54) is 6.21 Å². The Balaban J connectivity index is 2.22. The zero-order valence-electron chi connectivity index (χ0n) is 14.6. The van der Waals surface area contributed by atoms with Gasteiger partial charge in [0.25, 0.3) is 5.56 Å². The molecule has 2 rings (SSSR count). The minimum Gasteiger partial charge on any atom is -0.494 e. The van der Waals surface area contributed by atoms with Crippen LogP contribution in [0.1, 0.15) is 25.0 Å². The number of H-pyrrole nitrogens is 1. The molecule has 0 saturated heterocycles. The summed E-state index contributed by atoms with van der Waals surface area (Å²) >= 11 is 0. The molecule has 7 nitrogen and oxygen atoms in total. The van der Waals surface area contributed by atoms with Gasteiger partial charge >= 0.3 is 5.69 Å². The molecular formula is C18H24N4O3. The lowest BCUT2D eigenvalue weighted by molar-refractivity contribution is 0.313. The molecule has 0 aliphatic carbocycles. The molecule has 0 radical (unpaired) electrons. The predicted octanol–water partition coefficient (Wildman–Crippen LogP) is 1.05. The van der Waals surface area contributed by atoms with E-state index >= 15 is 0 Å². The first-order valence-corrected chi connectivity index (χ1v) is 8.39. The van der Waals surface area contributed by atoms with E-state index < -0.39 is 11.2 Å². The van der Waals surface area contributed by atoms with Gasteiger partial charge in [0.15, 0.2) is 0 Å². The molecule has 0 saturated carbocycles. The van der Waals surface area contributed by atoms with Crippen molar-refractivity contribution in [3.63, 3.8) is 0 Å². The Bertz CT molecular complexity index is 820. The van der Waals surface area contributed by atoms with E-state index in [2.05, 4.69) is 28.7 Å². The third-order valence-corrected chi connectivity index (χ3v) is 4.05. The van der Waals surface area contributed by atoms with Crippen molar-refractivity contribution in [3.8, 4) is 5.88 Å². The minimum atomic E-state index is -0.647. The highest BCUT2D eigenvalue weighted by molar-refractivity contribution is 5.81. The van der Waals surface area contributed by atoms with Crippen LogP contribution in [0.25, 0.3) is 0 Å². The predicted molar refractivity (Wildman–Crippen MR) is 98.8 cm³/mol. The van der Waals surface area contributed by atoms with Gasteiger partial charge in [0, 0.05) is 12.8 Å². The van der Waals surface area contributed by atoms with Crippen molar-refractivity contribution in [2.75, 3.05) is 26.2 Å². The number of rotatable bonds is 8. The average Bonchev–Trinajstić information content (AvgIpc) is 2.62. The van der Waals surface area contributed by atoms with Crippen LogP contribution in [0.5, 0.6) is 5.88 Å². The van der Waals surface area contributed by atoms with E-state index in [1.807, 2.05) is 30.3 Å². The molecule has 1 heterocycles. The van der Waals surface area contributed by atoms with Crippen LogP contribution >= 0.6 is 0 Å². The first kappa shape index (κ1) is 18.7. The summed E-state index contributed by atoms with van der Waals surface area (Å²) in [6.07, 6.45) is 1.33. The van der Waals surface area contributed by atoms with Gasteiger partial charge in [0.2, 0.25) is 5.88 Å². The van der Waals surface area contributed by atoms with Crippen LogP contribution in [0.2, 0.25) is 0 Å². The number of nitrogens with zero attached hydrogens (tertiary/aromatic N) is 3. The molecule has 0 unspecified atom stereocenters. The summed E-state index contributed by atoms with van der Waals surface area (Å²) in [6.45, 7) is 7.46. The monoisotopic (exact) mass is 344 g/mol. The molecule has 0 aliphatic heterocycles. The second kappa shape index (κ2) is 8.98. The molecule has 25 heavy (non-hydrogen) atoms. The van der Waals surface area contributed by atoms with E-state index in [0.717, 1.165) is 29.8 Å². The van der Waals surface area contributed by atoms with Gasteiger partial charge in [0.1, 0.15) is 5.56 Å². The summed E-state index contributed by atoms with van der Waals surface area (Å²) in [7, 11) is 0. The van der Waals surface area contributed by atoms with Crippen molar-refractivity contribution < 1.29 is 5.11 Å². The summed E-state index contributed by atoms with van der Waals surface area (Å²) < 4.78 is 1.13. The van der Waals surface area contributed by atoms with Crippen LogP contribution in [0.4, 0.5) is 0 Å². The van der Waals surface area contributed by atoms with Crippen LogP contribution in [-0.4, -0.2) is 52.0 Å². The van der Waals surface area contributed by atoms with Crippen LogP contribution in [0.15, 0.2) is 44.9 Å². The van der Waals surface area contributed by atoms with Crippen molar-refractivity contribution in [1.82, 2.24) is 14.5 Å². The number of aromatic hydroxyl groups is 1. The van der Waals surface area contributed by atoms with Gasteiger partial charge in [-0.1, -0.05) is 44.2 Å². The molecule has 7 heteroatoms. The third kappa shape index (κ3) is 4.90. The van der Waals surface area contributed by atoms with Crippen LogP contribution in [0, 0.1) is 0 Å². The first-order valence-electron chi connectivity index (χ1n) is 8.39. The average molecular weight is 344 g/mol. The Morgan fingerprint density at radius 3 is 2.52 bits per heavy atom. The molecule has 1 aromatic heterocycles. The van der Waals surface area contributed by atoms with Gasteiger partial charge in [-0.25, -0.2) is 4.79 Å². The van der Waals surface area contributed by atoms with E-state index in [0.29, 0.717) is 6.54 Å². The van der Waals surface area contributed by atoms with Gasteiger partial charge in [-0.15, -0.1) is 0 Å². The Morgan fingerprint density at radius 1 is 1.20 bits per heavy atom. The van der Waals surface area contributed by atoms with Gasteiger partial charge in [0.05, 0.1) is 13.1 Å². The SMILES string of the molecule is CCN(CC)CCN=Cc1c(O)n(Cc2ccccc2)c(=O)[nH]c1=O. The van der Waals surface area contributed by atoms with Gasteiger partial charge in [-0.05, 0) is 18.7 Å². The molecule has 2 aromatic rings. The number of aromatic amines is 1. The number of aromatic nitrogens is 2. The smallest absolute Gasteiger partial charge is 0.331 e. The number of nitrogens with one attached hydrogen (secondary N) is 1. The van der Waals surface area contributed by atoms with Gasteiger partial charge in [-0.2, -0.15) is 0 Å². The standard InChI is InChI=1S/C18H24N4O3/c1-3-21(4-2)11-10-19-12-15-16(23)20-18(25)22(17(15)24)13-14-8-6-5-7-9-14/h5-9,12,24H,3-4,10-11,13H2,1-2H3,(H,20,23,25). The molecule has 0 atom stereocenters. The summed E-state index contributed by atoms with van der Waals surface area (Å²) in [5.74, 6) is -0.371. The quantitative estimate of drug-likeness (QED) is 0.701. The Kier molecular flexibility index (Phi) is 6.71. The van der Waals surface area contributed by atoms with E-state index in [-0.39, 0.29) is 18.0 Å². The lowest BCUT2D eigenvalue weighted by atomic mass is 10.2. The topological polar surface area (TPSA) is 90.7 Å². The van der Waals surface area contributed by atoms with Crippen molar-refractivity contribution in [2.45, 2.75) is 20.4 Å². The second-order valence-corrected chi connectivity index (χ2v) is 5.63. The molecule has 0 fully saturated rings. The summed E-state index contributed by atoms with van der Waals surface area (Å²) in [5, 5.41) is 10.4. The molecule has 0 amide bonds. The lowest BCUT2D eigenvalue weighted by Gasteiger charge is -2.15. The number of aliphatic imine (C=N–C) groups is 1. The first-order chi connectivity index (χ1) is 12.1. The fourth-order valence-corrected chi connectivity index (χ4v) is 2.50. The number of benzene rings is 1. The molecule has 0 aliphatic rings. The Labute approximate surface area is 146 Å². The van der Waals surface area contributed by atoms with E-state index in [9.17, 15) is 14.7 Å². The third-order valence-electron chi connectivity index (χ3n) is 4.05. The van der Waals surface area contributed by atoms with Crippen molar-refractivity contribution in [1.29, 1.82) is 0 Å². The van der Waals surface area contributed by atoms with E-state index in [4.69, 9.17) is 0 Å². The zero-order valence-corrected chi connectivity index (χ0v) is 14.6. The Morgan fingerprint density at radius 2 is 1.88 bits per heavy atom. The molecular weight excluding hydrogens is 320 g/mol. The van der Waals surface area contributed by atoms with Gasteiger partial charge < -0.3 is 10.0 Å². The number of likely N-dealkylation sites (N-methyl/N-ethyl adjacent to an activating group) is 1. The summed E-state index contributed by atoms with van der Waals surface area (Å²) in [6, 6.07) is 9.24. The Hall–Kier alpha value is -2.67. The highest BCUT2D eigenvalue weighted by Gasteiger charge is 2.12. The molecule has 0 spiro atoms. The van der Waals surface area contributed by atoms with Crippen molar-refractivity contribution in [2.24, 2.45) is 4.99 Å². The van der Waals surface area contributed by atoms with Crippen LogP contribution in [-0.2, 0) is 6.54 Å². The fraction of sp³-hybridized carbons (Fsp3) is 0.389. The summed E-state index contributed by atoms with van der Waals surface area (Å²) in [4.78, 5) is 32.6.